The molecular weight excluding hydrogens is 298 g/mol. The van der Waals surface area contributed by atoms with Crippen molar-refractivity contribution in [1.29, 1.82) is 0 Å². The SMILES string of the molecule is CCc1cnc(C(=O)N2CCC(OCCCN(C)C)CC2)s1. The molecular formula is C16H27N3O2S. The van der Waals surface area contributed by atoms with E-state index in [1.807, 2.05) is 11.1 Å². The first-order valence-corrected chi connectivity index (χ1v) is 8.92. The van der Waals surface area contributed by atoms with Crippen LogP contribution in [0.15, 0.2) is 6.20 Å². The average Bonchev–Trinajstić information content (AvgIpc) is 3.00. The maximum absolute atomic E-state index is 12.4. The molecule has 22 heavy (non-hydrogen) atoms. The molecule has 0 saturated carbocycles. The lowest BCUT2D eigenvalue weighted by molar-refractivity contribution is 0.00633. The Balaban J connectivity index is 1.71. The van der Waals surface area contributed by atoms with Crippen molar-refractivity contribution >= 4 is 17.2 Å². The Morgan fingerprint density at radius 3 is 2.77 bits per heavy atom. The van der Waals surface area contributed by atoms with Gasteiger partial charge in [-0.3, -0.25) is 4.79 Å². The average molecular weight is 325 g/mol. The molecule has 0 aliphatic carbocycles. The molecule has 1 amide bonds. The predicted molar refractivity (Wildman–Crippen MR) is 89.5 cm³/mol. The summed E-state index contributed by atoms with van der Waals surface area (Å²) >= 11 is 1.52. The number of ether oxygens (including phenoxy) is 1. The van der Waals surface area contributed by atoms with Gasteiger partial charge in [0, 0.05) is 30.8 Å². The fraction of sp³-hybridized carbons (Fsp3) is 0.750. The molecule has 1 aromatic rings. The third-order valence-electron chi connectivity index (χ3n) is 3.92. The van der Waals surface area contributed by atoms with Crippen LogP contribution in [-0.2, 0) is 11.2 Å². The van der Waals surface area contributed by atoms with Gasteiger partial charge in [0.05, 0.1) is 6.10 Å². The lowest BCUT2D eigenvalue weighted by atomic mass is 10.1. The van der Waals surface area contributed by atoms with Gasteiger partial charge in [-0.15, -0.1) is 11.3 Å². The van der Waals surface area contributed by atoms with Gasteiger partial charge in [0.1, 0.15) is 0 Å². The summed E-state index contributed by atoms with van der Waals surface area (Å²) < 4.78 is 5.91. The lowest BCUT2D eigenvalue weighted by Gasteiger charge is -2.31. The minimum atomic E-state index is 0.0794. The number of piperidine rings is 1. The second-order valence-corrected chi connectivity index (χ2v) is 7.12. The van der Waals surface area contributed by atoms with Crippen molar-refractivity contribution in [3.63, 3.8) is 0 Å². The molecule has 0 N–H and O–H groups in total. The summed E-state index contributed by atoms with van der Waals surface area (Å²) in [5.41, 5.74) is 0. The van der Waals surface area contributed by atoms with Crippen LogP contribution < -0.4 is 0 Å². The van der Waals surface area contributed by atoms with E-state index < -0.39 is 0 Å². The minimum absolute atomic E-state index is 0.0794. The second-order valence-electron chi connectivity index (χ2n) is 6.00. The van der Waals surface area contributed by atoms with Gasteiger partial charge in [-0.05, 0) is 46.3 Å². The molecule has 0 aromatic carbocycles. The van der Waals surface area contributed by atoms with Crippen LogP contribution in [0.3, 0.4) is 0 Å². The number of carbonyl (C=O) groups is 1. The van der Waals surface area contributed by atoms with Gasteiger partial charge in [-0.2, -0.15) is 0 Å². The Hall–Kier alpha value is -0.980. The van der Waals surface area contributed by atoms with E-state index in [2.05, 4.69) is 30.9 Å². The van der Waals surface area contributed by atoms with E-state index in [4.69, 9.17) is 4.74 Å². The number of thiazole rings is 1. The zero-order chi connectivity index (χ0) is 15.9. The Kier molecular flexibility index (Phi) is 6.79. The topological polar surface area (TPSA) is 45.7 Å². The van der Waals surface area contributed by atoms with Crippen LogP contribution in [0.1, 0.15) is 40.9 Å². The number of hydrogen-bond donors (Lipinski definition) is 0. The van der Waals surface area contributed by atoms with Gasteiger partial charge in [0.25, 0.3) is 5.91 Å². The van der Waals surface area contributed by atoms with Crippen molar-refractivity contribution in [2.75, 3.05) is 40.3 Å². The van der Waals surface area contributed by atoms with Gasteiger partial charge < -0.3 is 14.5 Å². The van der Waals surface area contributed by atoms with Crippen molar-refractivity contribution in [1.82, 2.24) is 14.8 Å². The summed E-state index contributed by atoms with van der Waals surface area (Å²) in [7, 11) is 4.15. The first-order chi connectivity index (χ1) is 10.6. The second kappa shape index (κ2) is 8.60. The molecule has 0 atom stereocenters. The number of aryl methyl sites for hydroxylation is 1. The van der Waals surface area contributed by atoms with Gasteiger partial charge >= 0.3 is 0 Å². The number of likely N-dealkylation sites (tertiary alicyclic amines) is 1. The molecule has 6 heteroatoms. The highest BCUT2D eigenvalue weighted by Crippen LogP contribution is 2.19. The van der Waals surface area contributed by atoms with Crippen LogP contribution in [0, 0.1) is 0 Å². The smallest absolute Gasteiger partial charge is 0.282 e. The van der Waals surface area contributed by atoms with Crippen LogP contribution in [-0.4, -0.2) is 67.1 Å². The van der Waals surface area contributed by atoms with Gasteiger partial charge in [-0.1, -0.05) is 6.92 Å². The molecule has 2 rings (SSSR count). The van der Waals surface area contributed by atoms with E-state index in [-0.39, 0.29) is 5.91 Å². The van der Waals surface area contributed by atoms with E-state index in [0.717, 1.165) is 51.9 Å². The van der Waals surface area contributed by atoms with Crippen molar-refractivity contribution in [2.45, 2.75) is 38.7 Å². The Morgan fingerprint density at radius 1 is 1.45 bits per heavy atom. The zero-order valence-electron chi connectivity index (χ0n) is 13.9. The van der Waals surface area contributed by atoms with E-state index in [1.54, 1.807) is 0 Å². The lowest BCUT2D eigenvalue weighted by Crippen LogP contribution is -2.41. The monoisotopic (exact) mass is 325 g/mol. The fourth-order valence-corrected chi connectivity index (χ4v) is 3.38. The van der Waals surface area contributed by atoms with Crippen LogP contribution in [0.2, 0.25) is 0 Å². The molecule has 0 unspecified atom stereocenters. The maximum atomic E-state index is 12.4. The highest BCUT2D eigenvalue weighted by molar-refractivity contribution is 7.13. The molecule has 1 aliphatic rings. The molecule has 1 fully saturated rings. The molecule has 1 aromatic heterocycles. The molecule has 0 spiro atoms. The molecule has 0 radical (unpaired) electrons. The van der Waals surface area contributed by atoms with Crippen LogP contribution in [0.4, 0.5) is 0 Å². The number of aromatic nitrogens is 1. The van der Waals surface area contributed by atoms with Crippen LogP contribution in [0.25, 0.3) is 0 Å². The van der Waals surface area contributed by atoms with Crippen molar-refractivity contribution in [3.05, 3.63) is 16.1 Å². The van der Waals surface area contributed by atoms with Crippen LogP contribution in [0.5, 0.6) is 0 Å². The zero-order valence-corrected chi connectivity index (χ0v) is 14.7. The summed E-state index contributed by atoms with van der Waals surface area (Å²) in [4.78, 5) is 21.9. The van der Waals surface area contributed by atoms with Crippen molar-refractivity contribution in [3.8, 4) is 0 Å². The molecule has 2 heterocycles. The Bertz CT molecular complexity index is 468. The highest BCUT2D eigenvalue weighted by Gasteiger charge is 2.25. The van der Waals surface area contributed by atoms with Crippen molar-refractivity contribution in [2.24, 2.45) is 0 Å². The first-order valence-electron chi connectivity index (χ1n) is 8.10. The minimum Gasteiger partial charge on any atom is -0.378 e. The summed E-state index contributed by atoms with van der Waals surface area (Å²) in [6, 6.07) is 0. The molecule has 0 bridgehead atoms. The fourth-order valence-electron chi connectivity index (χ4n) is 2.56. The number of carbonyl (C=O) groups excluding carboxylic acids is 1. The van der Waals surface area contributed by atoms with E-state index in [1.165, 1.54) is 16.2 Å². The van der Waals surface area contributed by atoms with Crippen LogP contribution >= 0.6 is 11.3 Å². The Morgan fingerprint density at radius 2 is 2.18 bits per heavy atom. The summed E-state index contributed by atoms with van der Waals surface area (Å²) in [6.07, 6.45) is 5.98. The number of hydrogen-bond acceptors (Lipinski definition) is 5. The number of nitrogens with zero attached hydrogens (tertiary/aromatic N) is 3. The molecule has 124 valence electrons. The summed E-state index contributed by atoms with van der Waals surface area (Å²) in [5, 5.41) is 0.627. The quantitative estimate of drug-likeness (QED) is 0.722. The Labute approximate surface area is 137 Å². The number of rotatable bonds is 7. The number of amides is 1. The largest absolute Gasteiger partial charge is 0.378 e. The van der Waals surface area contributed by atoms with Gasteiger partial charge in [0.2, 0.25) is 0 Å². The maximum Gasteiger partial charge on any atom is 0.282 e. The molecule has 5 nitrogen and oxygen atoms in total. The molecule has 1 saturated heterocycles. The van der Waals surface area contributed by atoms with Gasteiger partial charge in [0.15, 0.2) is 5.01 Å². The van der Waals surface area contributed by atoms with E-state index in [0.29, 0.717) is 11.1 Å². The standard InChI is InChI=1S/C16H27N3O2S/c1-4-14-12-17-15(22-14)16(20)19-9-6-13(7-10-19)21-11-5-8-18(2)3/h12-13H,4-11H2,1-3H3. The third-order valence-corrected chi connectivity index (χ3v) is 5.05. The molecule has 1 aliphatic heterocycles. The van der Waals surface area contributed by atoms with E-state index in [9.17, 15) is 4.79 Å². The van der Waals surface area contributed by atoms with E-state index >= 15 is 0 Å². The predicted octanol–water partition coefficient (Wildman–Crippen LogP) is 2.28. The third kappa shape index (κ3) is 5.04. The van der Waals surface area contributed by atoms with Gasteiger partial charge in [-0.25, -0.2) is 4.98 Å². The first kappa shape index (κ1) is 17.4. The van der Waals surface area contributed by atoms with Crippen molar-refractivity contribution < 1.29 is 9.53 Å². The normalized spacial score (nSPS) is 16.5. The highest BCUT2D eigenvalue weighted by atomic mass is 32.1. The summed E-state index contributed by atoms with van der Waals surface area (Å²) in [5.74, 6) is 0.0794. The summed E-state index contributed by atoms with van der Waals surface area (Å²) in [6.45, 7) is 5.50.